The SMILES string of the molecule is O=C1C(Br)CCN1c1c(Cl)cc(Cl)cc1Cl. The van der Waals surface area contributed by atoms with E-state index in [2.05, 4.69) is 15.9 Å². The Balaban J connectivity index is 2.45. The predicted octanol–water partition coefficient (Wildman–Crippen LogP) is 4.15. The number of halogens is 4. The van der Waals surface area contributed by atoms with Crippen LogP contribution in [0.1, 0.15) is 6.42 Å². The molecule has 0 radical (unpaired) electrons. The normalized spacial score (nSPS) is 20.6. The highest BCUT2D eigenvalue weighted by Gasteiger charge is 2.32. The molecule has 0 spiro atoms. The lowest BCUT2D eigenvalue weighted by Gasteiger charge is -2.19. The molecule has 6 heteroatoms. The van der Waals surface area contributed by atoms with Crippen LogP contribution in [0, 0.1) is 0 Å². The molecule has 1 heterocycles. The number of rotatable bonds is 1. The highest BCUT2D eigenvalue weighted by Crippen LogP contribution is 2.39. The van der Waals surface area contributed by atoms with Crippen molar-refractivity contribution >= 4 is 62.3 Å². The zero-order valence-corrected chi connectivity index (χ0v) is 11.9. The van der Waals surface area contributed by atoms with Crippen molar-refractivity contribution < 1.29 is 4.79 Å². The van der Waals surface area contributed by atoms with Crippen LogP contribution < -0.4 is 4.90 Å². The lowest BCUT2D eigenvalue weighted by Crippen LogP contribution is -2.27. The van der Waals surface area contributed by atoms with Crippen molar-refractivity contribution in [1.82, 2.24) is 0 Å². The summed E-state index contributed by atoms with van der Waals surface area (Å²) in [5.74, 6) is -0.0221. The summed E-state index contributed by atoms with van der Waals surface area (Å²) in [7, 11) is 0. The van der Waals surface area contributed by atoms with Crippen LogP contribution in [0.3, 0.4) is 0 Å². The van der Waals surface area contributed by atoms with Crippen molar-refractivity contribution in [1.29, 1.82) is 0 Å². The van der Waals surface area contributed by atoms with Crippen LogP contribution in [0.2, 0.25) is 15.1 Å². The third-order valence-electron chi connectivity index (χ3n) is 2.39. The lowest BCUT2D eigenvalue weighted by atomic mass is 10.3. The first-order valence-corrected chi connectivity index (χ1v) is 6.65. The van der Waals surface area contributed by atoms with E-state index in [1.807, 2.05) is 0 Å². The predicted molar refractivity (Wildman–Crippen MR) is 71.2 cm³/mol. The van der Waals surface area contributed by atoms with Crippen molar-refractivity contribution in [3.05, 3.63) is 27.2 Å². The smallest absolute Gasteiger partial charge is 0.240 e. The first-order valence-electron chi connectivity index (χ1n) is 4.60. The second kappa shape index (κ2) is 4.73. The number of benzene rings is 1. The van der Waals surface area contributed by atoms with Gasteiger partial charge in [-0.2, -0.15) is 0 Å². The number of carbonyl (C=O) groups is 1. The van der Waals surface area contributed by atoms with Gasteiger partial charge in [-0.05, 0) is 18.6 Å². The molecule has 0 saturated carbocycles. The molecule has 1 atom stereocenters. The maximum atomic E-state index is 11.8. The molecule has 1 amide bonds. The van der Waals surface area contributed by atoms with E-state index in [0.717, 1.165) is 6.42 Å². The van der Waals surface area contributed by atoms with Gasteiger partial charge in [-0.15, -0.1) is 0 Å². The van der Waals surface area contributed by atoms with E-state index < -0.39 is 0 Å². The van der Waals surface area contributed by atoms with Crippen molar-refractivity contribution in [2.45, 2.75) is 11.2 Å². The van der Waals surface area contributed by atoms with Crippen molar-refractivity contribution in [3.63, 3.8) is 0 Å². The number of hydrogen-bond donors (Lipinski definition) is 0. The summed E-state index contributed by atoms with van der Waals surface area (Å²) in [6, 6.07) is 3.17. The molecule has 0 aromatic heterocycles. The van der Waals surface area contributed by atoms with E-state index in [4.69, 9.17) is 34.8 Å². The number of hydrogen-bond acceptors (Lipinski definition) is 1. The summed E-state index contributed by atoms with van der Waals surface area (Å²) in [4.78, 5) is 13.3. The molecule has 1 aromatic rings. The van der Waals surface area contributed by atoms with Crippen molar-refractivity contribution in [2.24, 2.45) is 0 Å². The summed E-state index contributed by atoms with van der Waals surface area (Å²) in [5.41, 5.74) is 0.541. The van der Waals surface area contributed by atoms with E-state index in [9.17, 15) is 4.79 Å². The lowest BCUT2D eigenvalue weighted by molar-refractivity contribution is -0.116. The summed E-state index contributed by atoms with van der Waals surface area (Å²) < 4.78 is 0. The Kier molecular flexibility index (Phi) is 3.69. The molecular formula is C10H7BrCl3NO. The second-order valence-corrected chi connectivity index (χ2v) is 5.82. The van der Waals surface area contributed by atoms with Crippen LogP contribution >= 0.6 is 50.7 Å². The van der Waals surface area contributed by atoms with Gasteiger partial charge in [-0.1, -0.05) is 50.7 Å². The third kappa shape index (κ3) is 2.19. The standard InChI is InChI=1S/C10H7BrCl3NO/c11-6-1-2-15(10(6)16)9-7(13)3-5(12)4-8(9)14/h3-4,6H,1-2H2. The van der Waals surface area contributed by atoms with Crippen LogP contribution in [-0.2, 0) is 4.79 Å². The molecule has 1 unspecified atom stereocenters. The molecule has 2 nitrogen and oxygen atoms in total. The number of amides is 1. The number of alkyl halides is 1. The molecule has 16 heavy (non-hydrogen) atoms. The van der Waals surface area contributed by atoms with Crippen LogP contribution in [-0.4, -0.2) is 17.3 Å². The Bertz CT molecular complexity index is 429. The fraction of sp³-hybridized carbons (Fsp3) is 0.300. The molecule has 1 aromatic carbocycles. The largest absolute Gasteiger partial charge is 0.309 e. The van der Waals surface area contributed by atoms with Gasteiger partial charge in [-0.3, -0.25) is 4.79 Å². The van der Waals surface area contributed by atoms with Crippen LogP contribution in [0.4, 0.5) is 5.69 Å². The summed E-state index contributed by atoms with van der Waals surface area (Å²) in [6.45, 7) is 0.607. The average Bonchev–Trinajstić information content (AvgIpc) is 2.48. The molecule has 1 aliphatic rings. The minimum atomic E-state index is -0.157. The minimum absolute atomic E-state index is 0.0221. The van der Waals surface area contributed by atoms with E-state index in [1.165, 1.54) is 0 Å². The Labute approximate surface area is 117 Å². The number of nitrogens with zero attached hydrogens (tertiary/aromatic N) is 1. The van der Waals surface area contributed by atoms with E-state index in [0.29, 0.717) is 27.3 Å². The van der Waals surface area contributed by atoms with Crippen LogP contribution in [0.5, 0.6) is 0 Å². The molecule has 1 fully saturated rings. The monoisotopic (exact) mass is 341 g/mol. The van der Waals surface area contributed by atoms with Crippen LogP contribution in [0.15, 0.2) is 12.1 Å². The van der Waals surface area contributed by atoms with Gasteiger partial charge in [0.2, 0.25) is 5.91 Å². The van der Waals surface area contributed by atoms with Gasteiger partial charge < -0.3 is 4.90 Å². The molecule has 0 N–H and O–H groups in total. The van der Waals surface area contributed by atoms with E-state index >= 15 is 0 Å². The van der Waals surface area contributed by atoms with Crippen molar-refractivity contribution in [3.8, 4) is 0 Å². The van der Waals surface area contributed by atoms with Gasteiger partial charge in [0.05, 0.1) is 20.6 Å². The Hall–Kier alpha value is 0.0400. The number of carbonyl (C=O) groups excluding carboxylic acids is 1. The molecule has 2 rings (SSSR count). The summed E-state index contributed by atoms with van der Waals surface area (Å²) in [6.07, 6.45) is 0.744. The maximum absolute atomic E-state index is 11.8. The minimum Gasteiger partial charge on any atom is -0.309 e. The highest BCUT2D eigenvalue weighted by molar-refractivity contribution is 9.10. The van der Waals surface area contributed by atoms with E-state index in [-0.39, 0.29) is 10.7 Å². The molecule has 0 aliphatic carbocycles. The van der Waals surface area contributed by atoms with Gasteiger partial charge in [0, 0.05) is 11.6 Å². The molecule has 0 bridgehead atoms. The summed E-state index contributed by atoms with van der Waals surface area (Å²) >= 11 is 21.2. The van der Waals surface area contributed by atoms with Crippen molar-refractivity contribution in [2.75, 3.05) is 11.4 Å². The summed E-state index contributed by atoms with van der Waals surface area (Å²) in [5, 5.41) is 1.25. The first kappa shape index (κ1) is 12.5. The third-order valence-corrected chi connectivity index (χ3v) is 4.04. The zero-order valence-electron chi connectivity index (χ0n) is 8.01. The topological polar surface area (TPSA) is 20.3 Å². The Morgan fingerprint density at radius 1 is 1.25 bits per heavy atom. The average molecular weight is 343 g/mol. The van der Waals surface area contributed by atoms with Gasteiger partial charge in [0.15, 0.2) is 0 Å². The van der Waals surface area contributed by atoms with Gasteiger partial charge in [0.25, 0.3) is 0 Å². The van der Waals surface area contributed by atoms with E-state index in [1.54, 1.807) is 17.0 Å². The van der Waals surface area contributed by atoms with Crippen LogP contribution in [0.25, 0.3) is 0 Å². The fourth-order valence-electron chi connectivity index (χ4n) is 1.66. The van der Waals surface area contributed by atoms with Gasteiger partial charge in [0.1, 0.15) is 0 Å². The second-order valence-electron chi connectivity index (χ2n) is 3.46. The fourth-order valence-corrected chi connectivity index (χ4v) is 3.13. The Morgan fingerprint density at radius 3 is 2.25 bits per heavy atom. The first-order chi connectivity index (χ1) is 7.50. The molecule has 1 saturated heterocycles. The highest BCUT2D eigenvalue weighted by atomic mass is 79.9. The van der Waals surface area contributed by atoms with Gasteiger partial charge in [-0.25, -0.2) is 0 Å². The molecule has 1 aliphatic heterocycles. The quantitative estimate of drug-likeness (QED) is 0.702. The molecule has 86 valence electrons. The number of anilines is 1. The molecular weight excluding hydrogens is 336 g/mol. The maximum Gasteiger partial charge on any atom is 0.240 e. The van der Waals surface area contributed by atoms with Gasteiger partial charge >= 0.3 is 0 Å². The Morgan fingerprint density at radius 2 is 1.81 bits per heavy atom. The zero-order chi connectivity index (χ0) is 11.9.